The quantitative estimate of drug-likeness (QED) is 0.811. The number of nitrogens with one attached hydrogen (secondary N) is 2. The molecule has 0 aliphatic carbocycles. The van der Waals surface area contributed by atoms with Crippen LogP contribution in [0.4, 0.5) is 0 Å². The number of nitrogens with zero attached hydrogens (tertiary/aromatic N) is 1. The first-order valence-corrected chi connectivity index (χ1v) is 4.09. The maximum absolute atomic E-state index is 4.23. The number of aromatic nitrogens is 2. The second kappa shape index (κ2) is 7.35. The number of hydrogen-bond acceptors (Lipinski definition) is 2. The van der Waals surface area contributed by atoms with Gasteiger partial charge in [0.25, 0.3) is 0 Å². The molecular weight excluding hydrogens is 244 g/mol. The standard InChI is InChI=1S/C8H13N3.3ClH/c1-6-4-8(11-10-6)7-2-3-9-5-7;;;/h4,7,9H,2-3,5H2,1H3,(H,10,11);3*1H. The zero-order valence-electron chi connectivity index (χ0n) is 7.95. The maximum Gasteiger partial charge on any atom is 0.0668 e. The third-order valence-corrected chi connectivity index (χ3v) is 2.20. The Morgan fingerprint density at radius 3 is 2.50 bits per heavy atom. The summed E-state index contributed by atoms with van der Waals surface area (Å²) in [5, 5.41) is 10.5. The molecule has 0 aromatic carbocycles. The fourth-order valence-electron chi connectivity index (χ4n) is 1.56. The van der Waals surface area contributed by atoms with Crippen LogP contribution < -0.4 is 5.32 Å². The second-order valence-electron chi connectivity index (χ2n) is 3.17. The van der Waals surface area contributed by atoms with Crippen molar-refractivity contribution in [2.75, 3.05) is 13.1 Å². The Balaban J connectivity index is 0. The lowest BCUT2D eigenvalue weighted by atomic mass is 10.1. The van der Waals surface area contributed by atoms with E-state index < -0.39 is 0 Å². The molecule has 2 heterocycles. The number of H-pyrrole nitrogens is 1. The van der Waals surface area contributed by atoms with E-state index in [1.54, 1.807) is 0 Å². The van der Waals surface area contributed by atoms with E-state index in [1.807, 2.05) is 6.92 Å². The minimum Gasteiger partial charge on any atom is -0.316 e. The van der Waals surface area contributed by atoms with E-state index in [1.165, 1.54) is 12.1 Å². The van der Waals surface area contributed by atoms with Crippen molar-refractivity contribution in [3.05, 3.63) is 17.5 Å². The summed E-state index contributed by atoms with van der Waals surface area (Å²) >= 11 is 0. The highest BCUT2D eigenvalue weighted by Crippen LogP contribution is 2.20. The third kappa shape index (κ3) is 3.65. The van der Waals surface area contributed by atoms with Crippen LogP contribution in [0.1, 0.15) is 23.7 Å². The topological polar surface area (TPSA) is 40.7 Å². The lowest BCUT2D eigenvalue weighted by Crippen LogP contribution is -2.08. The molecule has 0 bridgehead atoms. The van der Waals surface area contributed by atoms with Gasteiger partial charge in [-0.2, -0.15) is 5.10 Å². The van der Waals surface area contributed by atoms with Gasteiger partial charge in [-0.3, -0.25) is 5.10 Å². The molecule has 3 nitrogen and oxygen atoms in total. The molecule has 1 aliphatic heterocycles. The fourth-order valence-corrected chi connectivity index (χ4v) is 1.56. The molecule has 1 unspecified atom stereocenters. The molecule has 1 aliphatic rings. The van der Waals surface area contributed by atoms with E-state index >= 15 is 0 Å². The molecule has 1 saturated heterocycles. The van der Waals surface area contributed by atoms with Crippen molar-refractivity contribution in [1.82, 2.24) is 15.5 Å². The van der Waals surface area contributed by atoms with Crippen LogP contribution in [0.3, 0.4) is 0 Å². The van der Waals surface area contributed by atoms with Crippen molar-refractivity contribution >= 4 is 37.2 Å². The van der Waals surface area contributed by atoms with Gasteiger partial charge in [-0.1, -0.05) is 0 Å². The molecule has 1 atom stereocenters. The first-order chi connectivity index (χ1) is 5.36. The van der Waals surface area contributed by atoms with Crippen LogP contribution >= 0.6 is 37.2 Å². The SMILES string of the molecule is Cc1cc(C2CCNC2)n[nH]1.Cl.Cl.Cl. The average Bonchev–Trinajstić information content (AvgIpc) is 2.55. The van der Waals surface area contributed by atoms with Crippen LogP contribution in [0.25, 0.3) is 0 Å². The maximum atomic E-state index is 4.23. The Bertz CT molecular complexity index is 246. The predicted octanol–water partition coefficient (Wildman–Crippen LogP) is 2.06. The van der Waals surface area contributed by atoms with Gasteiger partial charge in [0.1, 0.15) is 0 Å². The second-order valence-corrected chi connectivity index (χ2v) is 3.17. The Labute approximate surface area is 103 Å². The van der Waals surface area contributed by atoms with E-state index in [0.717, 1.165) is 18.8 Å². The Morgan fingerprint density at radius 1 is 1.36 bits per heavy atom. The summed E-state index contributed by atoms with van der Waals surface area (Å²) in [6, 6.07) is 2.14. The van der Waals surface area contributed by atoms with Gasteiger partial charge < -0.3 is 5.32 Å². The minimum atomic E-state index is 0. The molecule has 0 amide bonds. The predicted molar refractivity (Wildman–Crippen MR) is 65.3 cm³/mol. The summed E-state index contributed by atoms with van der Waals surface area (Å²) in [6.45, 7) is 4.26. The van der Waals surface area contributed by atoms with Gasteiger partial charge in [-0.15, -0.1) is 37.2 Å². The van der Waals surface area contributed by atoms with Crippen molar-refractivity contribution in [2.45, 2.75) is 19.3 Å². The summed E-state index contributed by atoms with van der Waals surface area (Å²) in [6.07, 6.45) is 1.23. The van der Waals surface area contributed by atoms with Gasteiger partial charge in [0.15, 0.2) is 0 Å². The summed E-state index contributed by atoms with van der Waals surface area (Å²) in [5.74, 6) is 0.639. The van der Waals surface area contributed by atoms with Crippen molar-refractivity contribution in [1.29, 1.82) is 0 Å². The summed E-state index contributed by atoms with van der Waals surface area (Å²) in [5.41, 5.74) is 2.37. The zero-order chi connectivity index (χ0) is 7.68. The summed E-state index contributed by atoms with van der Waals surface area (Å²) < 4.78 is 0. The Kier molecular flexibility index (Phi) is 8.64. The van der Waals surface area contributed by atoms with Gasteiger partial charge in [0.05, 0.1) is 5.69 Å². The molecule has 14 heavy (non-hydrogen) atoms. The number of halogens is 3. The van der Waals surface area contributed by atoms with Crippen LogP contribution in [-0.2, 0) is 0 Å². The molecule has 1 aromatic heterocycles. The Hall–Kier alpha value is 0.0400. The van der Waals surface area contributed by atoms with E-state index in [-0.39, 0.29) is 37.2 Å². The molecule has 0 radical (unpaired) electrons. The highest BCUT2D eigenvalue weighted by atomic mass is 35.5. The number of rotatable bonds is 1. The van der Waals surface area contributed by atoms with Crippen molar-refractivity contribution in [3.8, 4) is 0 Å². The smallest absolute Gasteiger partial charge is 0.0668 e. The Morgan fingerprint density at radius 2 is 2.07 bits per heavy atom. The normalized spacial score (nSPS) is 19.1. The van der Waals surface area contributed by atoms with Crippen molar-refractivity contribution in [2.24, 2.45) is 0 Å². The van der Waals surface area contributed by atoms with Gasteiger partial charge in [-0.05, 0) is 26.0 Å². The van der Waals surface area contributed by atoms with Crippen LogP contribution in [0, 0.1) is 6.92 Å². The summed E-state index contributed by atoms with van der Waals surface area (Å²) in [4.78, 5) is 0. The zero-order valence-corrected chi connectivity index (χ0v) is 10.4. The molecule has 0 saturated carbocycles. The molecular formula is C8H16Cl3N3. The van der Waals surface area contributed by atoms with E-state index in [2.05, 4.69) is 21.6 Å². The van der Waals surface area contributed by atoms with Crippen LogP contribution in [0.2, 0.25) is 0 Å². The number of hydrogen-bond donors (Lipinski definition) is 2. The minimum absolute atomic E-state index is 0. The highest BCUT2D eigenvalue weighted by molar-refractivity contribution is 5.86. The first-order valence-electron chi connectivity index (χ1n) is 4.09. The van der Waals surface area contributed by atoms with E-state index in [4.69, 9.17) is 0 Å². The lowest BCUT2D eigenvalue weighted by molar-refractivity contribution is 0.729. The molecule has 0 spiro atoms. The first kappa shape index (κ1) is 16.5. The van der Waals surface area contributed by atoms with Crippen molar-refractivity contribution < 1.29 is 0 Å². The van der Waals surface area contributed by atoms with E-state index in [9.17, 15) is 0 Å². The van der Waals surface area contributed by atoms with Gasteiger partial charge >= 0.3 is 0 Å². The van der Waals surface area contributed by atoms with Gasteiger partial charge in [-0.25, -0.2) is 0 Å². The van der Waals surface area contributed by atoms with Gasteiger partial charge in [0.2, 0.25) is 0 Å². The van der Waals surface area contributed by atoms with Crippen LogP contribution in [0.15, 0.2) is 6.07 Å². The third-order valence-electron chi connectivity index (χ3n) is 2.20. The largest absolute Gasteiger partial charge is 0.316 e. The summed E-state index contributed by atoms with van der Waals surface area (Å²) in [7, 11) is 0. The molecule has 1 aromatic rings. The molecule has 6 heteroatoms. The van der Waals surface area contributed by atoms with Gasteiger partial charge in [0, 0.05) is 18.2 Å². The highest BCUT2D eigenvalue weighted by Gasteiger charge is 2.18. The van der Waals surface area contributed by atoms with Crippen LogP contribution in [-0.4, -0.2) is 23.3 Å². The van der Waals surface area contributed by atoms with Crippen LogP contribution in [0.5, 0.6) is 0 Å². The van der Waals surface area contributed by atoms with E-state index in [0.29, 0.717) is 5.92 Å². The number of aryl methyl sites for hydroxylation is 1. The average molecular weight is 261 g/mol. The lowest BCUT2D eigenvalue weighted by Gasteiger charge is -2.00. The molecule has 2 N–H and O–H groups in total. The van der Waals surface area contributed by atoms with Crippen molar-refractivity contribution in [3.63, 3.8) is 0 Å². The monoisotopic (exact) mass is 259 g/mol. The molecule has 84 valence electrons. The number of aromatic amines is 1. The fraction of sp³-hybridized carbons (Fsp3) is 0.625. The molecule has 1 fully saturated rings. The molecule has 2 rings (SSSR count).